The smallest absolute Gasteiger partial charge is 0.342 e. The molecule has 2 bridgehead atoms. The molecule has 2 aliphatic rings. The molecular weight excluding hydrogens is 544 g/mol. The van der Waals surface area contributed by atoms with E-state index in [0.29, 0.717) is 12.0 Å². The Labute approximate surface area is 234 Å². The number of carbonyl (C=O) groups is 3. The van der Waals surface area contributed by atoms with Crippen molar-refractivity contribution in [3.05, 3.63) is 53.9 Å². The number of fused-ring (bicyclic) bond motifs is 2. The topological polar surface area (TPSA) is 224 Å². The van der Waals surface area contributed by atoms with Crippen molar-refractivity contribution < 1.29 is 54.1 Å². The summed E-state index contributed by atoms with van der Waals surface area (Å²) in [4.78, 5) is 37.8. The van der Waals surface area contributed by atoms with Gasteiger partial charge in [-0.15, -0.1) is 10.2 Å². The summed E-state index contributed by atoms with van der Waals surface area (Å²) in [6.07, 6.45) is -7.52. The van der Waals surface area contributed by atoms with Crippen LogP contribution >= 0.6 is 0 Å². The highest BCUT2D eigenvalue weighted by atomic mass is 16.8. The highest BCUT2D eigenvalue weighted by molar-refractivity contribution is 5.93. The third-order valence-corrected chi connectivity index (χ3v) is 7.57. The summed E-state index contributed by atoms with van der Waals surface area (Å²) in [6, 6.07) is 9.44. The number of carbonyl (C=O) groups excluding carboxylic acids is 1. The number of esters is 1. The zero-order valence-corrected chi connectivity index (χ0v) is 22.6. The van der Waals surface area contributed by atoms with Crippen LogP contribution in [-0.2, 0) is 42.1 Å². The van der Waals surface area contributed by atoms with E-state index in [1.807, 2.05) is 37.3 Å². The summed E-state index contributed by atoms with van der Waals surface area (Å²) in [5, 5.41) is 64.6. The number of hydrogen-bond acceptors (Lipinski definition) is 12. The lowest BCUT2D eigenvalue weighted by molar-refractivity contribution is -0.383. The number of benzene rings is 1. The van der Waals surface area contributed by atoms with E-state index in [1.165, 1.54) is 14.0 Å². The molecule has 0 spiro atoms. The molecule has 41 heavy (non-hydrogen) atoms. The molecule has 2 saturated heterocycles. The van der Waals surface area contributed by atoms with Crippen LogP contribution in [0.5, 0.6) is 0 Å². The molecule has 1 aromatic carbocycles. The first-order chi connectivity index (χ1) is 19.2. The minimum absolute atomic E-state index is 0.0946. The zero-order valence-electron chi connectivity index (χ0n) is 22.6. The van der Waals surface area contributed by atoms with Gasteiger partial charge in [-0.2, -0.15) is 4.80 Å². The molecule has 5 N–H and O–H groups in total. The van der Waals surface area contributed by atoms with E-state index >= 15 is 0 Å². The lowest BCUT2D eigenvalue weighted by atomic mass is 9.74. The molecule has 15 nitrogen and oxygen atoms in total. The predicted octanol–water partition coefficient (Wildman–Crippen LogP) is -0.484. The molecule has 222 valence electrons. The monoisotopic (exact) mass is 576 g/mol. The van der Waals surface area contributed by atoms with Crippen LogP contribution in [0.3, 0.4) is 0 Å². The molecule has 2 aromatic rings. The molecule has 1 aromatic heterocycles. The molecule has 2 fully saturated rings. The van der Waals surface area contributed by atoms with Crippen LogP contribution in [0.25, 0.3) is 0 Å². The quantitative estimate of drug-likeness (QED) is 0.168. The van der Waals surface area contributed by atoms with Crippen LogP contribution in [0.15, 0.2) is 42.5 Å². The number of tetrazole rings is 1. The molecule has 4 rings (SSSR count). The molecule has 0 aliphatic carbocycles. The van der Waals surface area contributed by atoms with Crippen molar-refractivity contribution >= 4 is 17.9 Å². The van der Waals surface area contributed by atoms with Gasteiger partial charge in [-0.1, -0.05) is 43.8 Å². The van der Waals surface area contributed by atoms with Gasteiger partial charge in [0.25, 0.3) is 0 Å². The number of aromatic nitrogens is 4. The lowest BCUT2D eigenvalue weighted by Gasteiger charge is -2.49. The van der Waals surface area contributed by atoms with Crippen molar-refractivity contribution in [2.75, 3.05) is 0 Å². The zero-order chi connectivity index (χ0) is 30.3. The average Bonchev–Trinajstić information content (AvgIpc) is 3.43. The Morgan fingerprint density at radius 1 is 1.15 bits per heavy atom. The number of aliphatic carboxylic acids is 2. The van der Waals surface area contributed by atoms with E-state index in [9.17, 15) is 39.9 Å². The van der Waals surface area contributed by atoms with E-state index < -0.39 is 65.1 Å². The minimum atomic E-state index is -3.50. The van der Waals surface area contributed by atoms with Crippen LogP contribution in [0, 0.1) is 5.92 Å². The Hall–Kier alpha value is -3.76. The fourth-order valence-corrected chi connectivity index (χ4v) is 5.59. The molecule has 0 saturated carbocycles. The van der Waals surface area contributed by atoms with E-state index in [4.69, 9.17) is 14.2 Å². The maximum absolute atomic E-state index is 12.6. The van der Waals surface area contributed by atoms with Crippen molar-refractivity contribution in [1.82, 2.24) is 20.2 Å². The fourth-order valence-electron chi connectivity index (χ4n) is 5.59. The van der Waals surface area contributed by atoms with Gasteiger partial charge < -0.3 is 39.7 Å². The Kier molecular flexibility index (Phi) is 8.03. The van der Waals surface area contributed by atoms with Gasteiger partial charge >= 0.3 is 17.9 Å². The maximum Gasteiger partial charge on any atom is 0.342 e. The number of ether oxygens (including phenoxy) is 3. The van der Waals surface area contributed by atoms with Gasteiger partial charge in [-0.05, 0) is 29.2 Å². The second-order valence-corrected chi connectivity index (χ2v) is 10.4. The van der Waals surface area contributed by atoms with Gasteiger partial charge in [-0.25, -0.2) is 9.59 Å². The highest BCUT2D eigenvalue weighted by Crippen LogP contribution is 2.58. The van der Waals surface area contributed by atoms with Crippen molar-refractivity contribution in [2.45, 2.75) is 74.5 Å². The number of aryl methyl sites for hydroxylation is 1. The van der Waals surface area contributed by atoms with Crippen LogP contribution < -0.4 is 0 Å². The Balaban J connectivity index is 1.68. The number of hydrogen-bond donors (Lipinski definition) is 5. The first-order valence-corrected chi connectivity index (χ1v) is 12.8. The number of nitrogens with zero attached hydrogens (tertiary/aromatic N) is 4. The SMILES string of the molecule is C=C(CC[C@]12O[C@H](c3nnn(C)n3)[C@@](O)(C(=O)O)[C@](C(=O)O)(O1)[C@H](O)[C@H]2O)C(OC(C)=O)C(C)Cc1ccccc1. The Bertz CT molecular complexity index is 1340. The summed E-state index contributed by atoms with van der Waals surface area (Å²) in [7, 11) is 1.34. The fraction of sp³-hybridized carbons (Fsp3) is 0.538. The number of carboxylic acid groups (broad SMARTS) is 2. The Morgan fingerprint density at radius 3 is 2.34 bits per heavy atom. The van der Waals surface area contributed by atoms with Gasteiger partial charge in [0.15, 0.2) is 11.9 Å². The molecule has 8 atom stereocenters. The molecule has 3 heterocycles. The molecule has 0 radical (unpaired) electrons. The van der Waals surface area contributed by atoms with Crippen molar-refractivity contribution in [1.29, 1.82) is 0 Å². The molecule has 15 heteroatoms. The van der Waals surface area contributed by atoms with Crippen LogP contribution in [0.2, 0.25) is 0 Å². The summed E-state index contributed by atoms with van der Waals surface area (Å²) < 4.78 is 16.9. The number of aliphatic hydroxyl groups is 3. The molecular formula is C26H32N4O11. The van der Waals surface area contributed by atoms with E-state index in [2.05, 4.69) is 22.0 Å². The average molecular weight is 577 g/mol. The first kappa shape index (κ1) is 30.2. The molecule has 2 aliphatic heterocycles. The van der Waals surface area contributed by atoms with Crippen molar-refractivity contribution in [2.24, 2.45) is 13.0 Å². The second-order valence-electron chi connectivity index (χ2n) is 10.4. The third kappa shape index (κ3) is 4.89. The van der Waals surface area contributed by atoms with Crippen molar-refractivity contribution in [3.8, 4) is 0 Å². The number of carboxylic acids is 2. The van der Waals surface area contributed by atoms with Gasteiger partial charge in [0, 0.05) is 19.3 Å². The summed E-state index contributed by atoms with van der Waals surface area (Å²) >= 11 is 0. The second kappa shape index (κ2) is 10.9. The van der Waals surface area contributed by atoms with Gasteiger partial charge in [0.2, 0.25) is 17.0 Å². The third-order valence-electron chi connectivity index (χ3n) is 7.57. The number of rotatable bonds is 11. The van der Waals surface area contributed by atoms with E-state index in [0.717, 1.165) is 10.4 Å². The molecule has 0 amide bonds. The maximum atomic E-state index is 12.6. The van der Waals surface area contributed by atoms with Crippen LogP contribution in [0.4, 0.5) is 0 Å². The van der Waals surface area contributed by atoms with Crippen molar-refractivity contribution in [3.63, 3.8) is 0 Å². The Morgan fingerprint density at radius 2 is 1.80 bits per heavy atom. The summed E-state index contributed by atoms with van der Waals surface area (Å²) in [5.74, 6) is -7.92. The van der Waals surface area contributed by atoms with Crippen LogP contribution in [-0.4, -0.2) is 98.9 Å². The predicted molar refractivity (Wildman–Crippen MR) is 135 cm³/mol. The van der Waals surface area contributed by atoms with Crippen LogP contribution in [0.1, 0.15) is 44.2 Å². The van der Waals surface area contributed by atoms with E-state index in [-0.39, 0.29) is 18.8 Å². The number of aliphatic hydroxyl groups excluding tert-OH is 2. The molecule has 2 unspecified atom stereocenters. The van der Waals surface area contributed by atoms with Gasteiger partial charge in [0.05, 0.1) is 7.05 Å². The lowest BCUT2D eigenvalue weighted by Crippen LogP contribution is -2.74. The van der Waals surface area contributed by atoms with Gasteiger partial charge in [0.1, 0.15) is 18.3 Å². The largest absolute Gasteiger partial charge is 0.479 e. The first-order valence-electron chi connectivity index (χ1n) is 12.8. The normalized spacial score (nSPS) is 32.2. The van der Waals surface area contributed by atoms with Gasteiger partial charge in [-0.3, -0.25) is 4.79 Å². The standard InChI is InChI=1S/C26H32N4O11/c1-13(17(39-15(3)31)14(2)12-16-8-6-5-7-9-16)10-11-24-18(32)19(33)26(41-24,23(36)37)25(38,22(34)35)20(40-24)21-27-29-30(4)28-21/h5-9,14,17-20,32-33,38H,1,10-12H2,2-4H3,(H,34,35)(H,36,37)/t14?,17?,18-,19-,20-,24+,25-,26+/m1/s1. The summed E-state index contributed by atoms with van der Waals surface area (Å²) in [6.45, 7) is 7.13. The highest BCUT2D eigenvalue weighted by Gasteiger charge is 2.84. The van der Waals surface area contributed by atoms with E-state index in [1.54, 1.807) is 0 Å². The summed E-state index contributed by atoms with van der Waals surface area (Å²) in [5.41, 5.74) is -5.45. The minimum Gasteiger partial charge on any atom is -0.479 e.